The van der Waals surface area contributed by atoms with E-state index in [1.54, 1.807) is 53.9 Å². The topological polar surface area (TPSA) is 64.7 Å². The van der Waals surface area contributed by atoms with Crippen molar-refractivity contribution in [1.29, 1.82) is 0 Å². The van der Waals surface area contributed by atoms with E-state index < -0.39 is 5.54 Å². The van der Waals surface area contributed by atoms with Crippen molar-refractivity contribution in [3.63, 3.8) is 0 Å². The van der Waals surface area contributed by atoms with Crippen molar-refractivity contribution in [3.05, 3.63) is 63.2 Å². The molecule has 0 unspecified atom stereocenters. The van der Waals surface area contributed by atoms with E-state index in [2.05, 4.69) is 47.4 Å². The fourth-order valence-electron chi connectivity index (χ4n) is 2.31. The molecule has 0 aliphatic carbocycles. The highest BCUT2D eigenvalue weighted by Gasteiger charge is 2.31. The number of carbonyl (C=O) groups is 1. The van der Waals surface area contributed by atoms with Gasteiger partial charge in [0.05, 0.1) is 21.7 Å². The first-order valence-electron chi connectivity index (χ1n) is 7.75. The molecule has 3 aromatic rings. The smallest absolute Gasteiger partial charge is 0.253 e. The highest BCUT2D eigenvalue weighted by atomic mass is 79.9. The summed E-state index contributed by atoms with van der Waals surface area (Å²) in [6, 6.07) is 6.20. The Morgan fingerprint density at radius 3 is 2.54 bits per heavy atom. The summed E-state index contributed by atoms with van der Waals surface area (Å²) in [5, 5.41) is 11.4. The van der Waals surface area contributed by atoms with Crippen molar-refractivity contribution in [2.45, 2.75) is 25.9 Å². The molecule has 0 radical (unpaired) electrons. The Bertz CT molecular complexity index is 933. The molecule has 6 nitrogen and oxygen atoms in total. The number of aromatic nitrogens is 4. The Balaban J connectivity index is 1.74. The third-order valence-corrected chi connectivity index (χ3v) is 4.88. The molecule has 0 atom stereocenters. The molecule has 0 aliphatic heterocycles. The van der Waals surface area contributed by atoms with Crippen molar-refractivity contribution in [2.24, 2.45) is 0 Å². The predicted octanol–water partition coefficient (Wildman–Crippen LogP) is 4.17. The first kappa shape index (κ1) is 18.8. The van der Waals surface area contributed by atoms with Crippen LogP contribution in [0.1, 0.15) is 19.4 Å². The van der Waals surface area contributed by atoms with Crippen molar-refractivity contribution in [1.82, 2.24) is 19.6 Å². The molecule has 1 aromatic carbocycles. The summed E-state index contributed by atoms with van der Waals surface area (Å²) in [4.78, 5) is 12.7. The number of hydrogen-bond donors (Lipinski definition) is 1. The second-order valence-electron chi connectivity index (χ2n) is 6.27. The molecular weight excluding hydrogens is 469 g/mol. The van der Waals surface area contributed by atoms with Crippen LogP contribution in [0.3, 0.4) is 0 Å². The lowest BCUT2D eigenvalue weighted by atomic mass is 10.1. The number of carbonyl (C=O) groups excluding carboxylic acids is 1. The maximum absolute atomic E-state index is 13.0. The quantitative estimate of drug-likeness (QED) is 0.591. The number of rotatable bonds is 5. The van der Waals surface area contributed by atoms with E-state index in [9.17, 15) is 9.18 Å². The van der Waals surface area contributed by atoms with E-state index in [0.29, 0.717) is 16.8 Å². The Kier molecular flexibility index (Phi) is 5.29. The van der Waals surface area contributed by atoms with Crippen LogP contribution in [-0.2, 0) is 16.9 Å². The molecule has 9 heteroatoms. The third kappa shape index (κ3) is 4.04. The third-order valence-electron chi connectivity index (χ3n) is 3.89. The fourth-order valence-corrected chi connectivity index (χ4v) is 3.01. The zero-order valence-electron chi connectivity index (χ0n) is 14.1. The normalized spacial score (nSPS) is 11.6. The van der Waals surface area contributed by atoms with Crippen LogP contribution in [0.2, 0.25) is 0 Å². The second kappa shape index (κ2) is 7.32. The highest BCUT2D eigenvalue weighted by Crippen LogP contribution is 2.24. The van der Waals surface area contributed by atoms with Gasteiger partial charge in [-0.2, -0.15) is 10.2 Å². The van der Waals surface area contributed by atoms with Crippen LogP contribution < -0.4 is 5.32 Å². The average molecular weight is 485 g/mol. The second-order valence-corrected chi connectivity index (χ2v) is 8.04. The van der Waals surface area contributed by atoms with Crippen LogP contribution in [0.25, 0.3) is 0 Å². The molecule has 26 heavy (non-hydrogen) atoms. The summed E-state index contributed by atoms with van der Waals surface area (Å²) < 4.78 is 17.7. The van der Waals surface area contributed by atoms with Gasteiger partial charge in [-0.05, 0) is 63.4 Å². The Morgan fingerprint density at radius 1 is 1.23 bits per heavy atom. The Labute approximate surface area is 166 Å². The molecule has 2 aromatic heterocycles. The minimum Gasteiger partial charge on any atom is -0.306 e. The van der Waals surface area contributed by atoms with Gasteiger partial charge >= 0.3 is 0 Å². The van der Waals surface area contributed by atoms with Crippen molar-refractivity contribution < 1.29 is 9.18 Å². The standard InChI is InChI=1S/C17H16Br2FN5O/c1-17(2,25-9-12(18)7-21-25)16(26)22-15-14(19)10-24(23-15)8-11-3-5-13(20)6-4-11/h3-7,9-10H,8H2,1-2H3,(H,22,23,26). The van der Waals surface area contributed by atoms with Crippen LogP contribution >= 0.6 is 31.9 Å². The summed E-state index contributed by atoms with van der Waals surface area (Å²) >= 11 is 6.74. The largest absolute Gasteiger partial charge is 0.306 e. The van der Waals surface area contributed by atoms with E-state index in [0.717, 1.165) is 10.0 Å². The minimum absolute atomic E-state index is 0.249. The molecule has 0 saturated heterocycles. The first-order valence-corrected chi connectivity index (χ1v) is 9.34. The van der Waals surface area contributed by atoms with Crippen LogP contribution in [0.4, 0.5) is 10.2 Å². The molecular formula is C17H16Br2FN5O. The lowest BCUT2D eigenvalue weighted by Gasteiger charge is -2.23. The number of hydrogen-bond acceptors (Lipinski definition) is 3. The van der Waals surface area contributed by atoms with Crippen LogP contribution in [0.15, 0.2) is 51.8 Å². The van der Waals surface area contributed by atoms with Gasteiger partial charge in [-0.15, -0.1) is 0 Å². The molecule has 0 aliphatic rings. The Morgan fingerprint density at radius 2 is 1.92 bits per heavy atom. The monoisotopic (exact) mass is 483 g/mol. The van der Waals surface area contributed by atoms with Gasteiger partial charge in [0.15, 0.2) is 5.82 Å². The number of nitrogens with one attached hydrogen (secondary N) is 1. The molecule has 0 saturated carbocycles. The maximum atomic E-state index is 13.0. The molecule has 1 amide bonds. The number of benzene rings is 1. The molecule has 2 heterocycles. The van der Waals surface area contributed by atoms with Crippen LogP contribution in [0, 0.1) is 5.82 Å². The van der Waals surface area contributed by atoms with Gasteiger partial charge in [-0.3, -0.25) is 14.2 Å². The number of amides is 1. The number of anilines is 1. The first-order chi connectivity index (χ1) is 12.3. The Hall–Kier alpha value is -2.00. The summed E-state index contributed by atoms with van der Waals surface area (Å²) in [7, 11) is 0. The molecule has 0 bridgehead atoms. The predicted molar refractivity (Wildman–Crippen MR) is 103 cm³/mol. The zero-order valence-corrected chi connectivity index (χ0v) is 17.3. The number of halogens is 3. The zero-order chi connectivity index (χ0) is 18.9. The summed E-state index contributed by atoms with van der Waals surface area (Å²) in [5.74, 6) is -0.118. The van der Waals surface area contributed by atoms with Crippen LogP contribution in [-0.4, -0.2) is 25.5 Å². The molecule has 0 spiro atoms. The van der Waals surface area contributed by atoms with Crippen molar-refractivity contribution in [3.8, 4) is 0 Å². The minimum atomic E-state index is -0.897. The lowest BCUT2D eigenvalue weighted by Crippen LogP contribution is -2.40. The lowest BCUT2D eigenvalue weighted by molar-refractivity contribution is -0.123. The van der Waals surface area contributed by atoms with Crippen molar-refractivity contribution in [2.75, 3.05) is 5.32 Å². The summed E-state index contributed by atoms with van der Waals surface area (Å²) in [5.41, 5.74) is 0.00707. The maximum Gasteiger partial charge on any atom is 0.253 e. The van der Waals surface area contributed by atoms with E-state index >= 15 is 0 Å². The van der Waals surface area contributed by atoms with E-state index in [1.165, 1.54) is 12.1 Å². The summed E-state index contributed by atoms with van der Waals surface area (Å²) in [6.07, 6.45) is 5.13. The van der Waals surface area contributed by atoms with Gasteiger partial charge in [0, 0.05) is 12.4 Å². The van der Waals surface area contributed by atoms with E-state index in [1.807, 2.05) is 0 Å². The van der Waals surface area contributed by atoms with Gasteiger partial charge in [-0.1, -0.05) is 12.1 Å². The van der Waals surface area contributed by atoms with Gasteiger partial charge in [0.25, 0.3) is 5.91 Å². The molecule has 3 rings (SSSR count). The highest BCUT2D eigenvalue weighted by molar-refractivity contribution is 9.10. The van der Waals surface area contributed by atoms with E-state index in [-0.39, 0.29) is 11.7 Å². The molecule has 0 fully saturated rings. The average Bonchev–Trinajstić information content (AvgIpc) is 3.16. The molecule has 136 valence electrons. The number of nitrogens with zero attached hydrogens (tertiary/aromatic N) is 4. The molecule has 1 N–H and O–H groups in total. The van der Waals surface area contributed by atoms with Gasteiger partial charge in [-0.25, -0.2) is 4.39 Å². The summed E-state index contributed by atoms with van der Waals surface area (Å²) in [6.45, 7) is 4.00. The fraction of sp³-hybridized carbons (Fsp3) is 0.235. The SMILES string of the molecule is CC(C)(C(=O)Nc1nn(Cc2ccc(F)cc2)cc1Br)n1cc(Br)cn1. The van der Waals surface area contributed by atoms with Crippen LogP contribution in [0.5, 0.6) is 0 Å². The van der Waals surface area contributed by atoms with Crippen molar-refractivity contribution >= 4 is 43.6 Å². The van der Waals surface area contributed by atoms with Gasteiger partial charge in [0.2, 0.25) is 0 Å². The van der Waals surface area contributed by atoms with Gasteiger partial charge in [0.1, 0.15) is 11.4 Å². The van der Waals surface area contributed by atoms with E-state index in [4.69, 9.17) is 0 Å². The van der Waals surface area contributed by atoms with Gasteiger partial charge < -0.3 is 5.32 Å².